The van der Waals surface area contributed by atoms with Gasteiger partial charge in [-0.3, -0.25) is 4.79 Å². The molecule has 1 rings (SSSR count). The molecule has 1 unspecified atom stereocenters. The maximum Gasteiger partial charge on any atom is 0.279 e. The molecule has 1 N–H and O–H groups in total. The van der Waals surface area contributed by atoms with E-state index in [-0.39, 0.29) is 17.9 Å². The molecule has 1 aliphatic heterocycles. The molecule has 1 atom stereocenters. The van der Waals surface area contributed by atoms with Gasteiger partial charge in [0.2, 0.25) is 5.91 Å². The lowest BCUT2D eigenvalue weighted by Crippen LogP contribution is -2.52. The summed E-state index contributed by atoms with van der Waals surface area (Å²) in [6.07, 6.45) is 1.61. The van der Waals surface area contributed by atoms with Gasteiger partial charge in [-0.1, -0.05) is 13.8 Å². The number of carbonyl (C=O) groups excluding carboxylic acids is 1. The van der Waals surface area contributed by atoms with Gasteiger partial charge in [0.25, 0.3) is 10.2 Å². The Hall–Kier alpha value is -0.660. The van der Waals surface area contributed by atoms with Gasteiger partial charge in [-0.15, -0.1) is 0 Å². The minimum Gasteiger partial charge on any atom is -0.341 e. The van der Waals surface area contributed by atoms with E-state index in [1.807, 2.05) is 13.8 Å². The van der Waals surface area contributed by atoms with Gasteiger partial charge < -0.3 is 4.90 Å². The molecule has 1 amide bonds. The number of hydrogen-bond donors (Lipinski definition) is 1. The number of amides is 1. The number of likely N-dealkylation sites (tertiary alicyclic amines) is 1. The zero-order valence-corrected chi connectivity index (χ0v) is 12.3. The van der Waals surface area contributed by atoms with Crippen molar-refractivity contribution in [1.82, 2.24) is 13.9 Å². The second-order valence-electron chi connectivity index (χ2n) is 5.18. The highest BCUT2D eigenvalue weighted by atomic mass is 32.2. The fourth-order valence-corrected chi connectivity index (χ4v) is 2.78. The predicted octanol–water partition coefficient (Wildman–Crippen LogP) is 0.0294. The SMILES string of the molecule is CC(C)C(=O)N1CCCC(NS(=O)(=O)N(C)C)C1. The molecule has 0 bridgehead atoms. The number of piperidine rings is 1. The van der Waals surface area contributed by atoms with E-state index in [0.717, 1.165) is 23.7 Å². The second kappa shape index (κ2) is 5.99. The first-order valence-electron chi connectivity index (χ1n) is 6.22. The molecule has 1 fully saturated rings. The maximum atomic E-state index is 11.9. The van der Waals surface area contributed by atoms with Gasteiger partial charge in [-0.05, 0) is 12.8 Å². The largest absolute Gasteiger partial charge is 0.341 e. The standard InChI is InChI=1S/C11H23N3O3S/c1-9(2)11(15)14-7-5-6-10(8-14)12-18(16,17)13(3)4/h9-10,12H,5-8H2,1-4H3. The van der Waals surface area contributed by atoms with Crippen LogP contribution in [-0.4, -0.2) is 56.8 Å². The van der Waals surface area contributed by atoms with Crippen LogP contribution in [0, 0.1) is 5.92 Å². The summed E-state index contributed by atoms with van der Waals surface area (Å²) < 4.78 is 27.2. The Labute approximate surface area is 110 Å². The Morgan fingerprint density at radius 1 is 1.39 bits per heavy atom. The number of rotatable bonds is 4. The Bertz CT molecular complexity index is 392. The molecule has 1 saturated heterocycles. The zero-order valence-electron chi connectivity index (χ0n) is 11.5. The van der Waals surface area contributed by atoms with E-state index in [1.165, 1.54) is 14.1 Å². The zero-order chi connectivity index (χ0) is 13.9. The molecule has 1 heterocycles. The van der Waals surface area contributed by atoms with Crippen molar-refractivity contribution >= 4 is 16.1 Å². The summed E-state index contributed by atoms with van der Waals surface area (Å²) in [6, 6.07) is -0.186. The van der Waals surface area contributed by atoms with Gasteiger partial charge in [0.15, 0.2) is 0 Å². The summed E-state index contributed by atoms with van der Waals surface area (Å²) in [4.78, 5) is 13.6. The van der Waals surface area contributed by atoms with Crippen LogP contribution in [-0.2, 0) is 15.0 Å². The average Bonchev–Trinajstić information content (AvgIpc) is 2.27. The molecule has 0 aromatic heterocycles. The highest BCUT2D eigenvalue weighted by molar-refractivity contribution is 7.87. The monoisotopic (exact) mass is 277 g/mol. The van der Waals surface area contributed by atoms with Crippen molar-refractivity contribution in [3.63, 3.8) is 0 Å². The Morgan fingerprint density at radius 2 is 2.00 bits per heavy atom. The maximum absolute atomic E-state index is 11.9. The quantitative estimate of drug-likeness (QED) is 0.788. The van der Waals surface area contributed by atoms with E-state index < -0.39 is 10.2 Å². The van der Waals surface area contributed by atoms with Crippen LogP contribution in [0.3, 0.4) is 0 Å². The predicted molar refractivity (Wildman–Crippen MR) is 70.2 cm³/mol. The minimum atomic E-state index is -3.42. The van der Waals surface area contributed by atoms with E-state index in [4.69, 9.17) is 0 Å². The van der Waals surface area contributed by atoms with E-state index >= 15 is 0 Å². The van der Waals surface area contributed by atoms with Crippen LogP contribution in [0.5, 0.6) is 0 Å². The minimum absolute atomic E-state index is 0.0470. The van der Waals surface area contributed by atoms with Crippen LogP contribution in [0.25, 0.3) is 0 Å². The van der Waals surface area contributed by atoms with Gasteiger partial charge in [0.1, 0.15) is 0 Å². The van der Waals surface area contributed by atoms with Crippen molar-refractivity contribution in [3.8, 4) is 0 Å². The third-order valence-electron chi connectivity index (χ3n) is 3.02. The molecule has 0 saturated carbocycles. The lowest BCUT2D eigenvalue weighted by atomic mass is 10.0. The van der Waals surface area contributed by atoms with Gasteiger partial charge in [-0.25, -0.2) is 0 Å². The molecular formula is C11H23N3O3S. The average molecular weight is 277 g/mol. The van der Waals surface area contributed by atoms with E-state index in [9.17, 15) is 13.2 Å². The summed E-state index contributed by atoms with van der Waals surface area (Å²) in [5.74, 6) is 0.0398. The highest BCUT2D eigenvalue weighted by Crippen LogP contribution is 2.14. The summed E-state index contributed by atoms with van der Waals surface area (Å²) in [5, 5.41) is 0. The fraction of sp³-hybridized carbons (Fsp3) is 0.909. The molecule has 18 heavy (non-hydrogen) atoms. The van der Waals surface area contributed by atoms with Gasteiger partial charge >= 0.3 is 0 Å². The summed E-state index contributed by atoms with van der Waals surface area (Å²) in [5.41, 5.74) is 0. The van der Waals surface area contributed by atoms with Crippen molar-refractivity contribution in [1.29, 1.82) is 0 Å². The number of hydrogen-bond acceptors (Lipinski definition) is 3. The first kappa shape index (κ1) is 15.4. The first-order valence-corrected chi connectivity index (χ1v) is 7.66. The Morgan fingerprint density at radius 3 is 2.50 bits per heavy atom. The van der Waals surface area contributed by atoms with Gasteiger partial charge in [-0.2, -0.15) is 17.4 Å². The van der Waals surface area contributed by atoms with Crippen LogP contribution >= 0.6 is 0 Å². The highest BCUT2D eigenvalue weighted by Gasteiger charge is 2.28. The molecule has 6 nitrogen and oxygen atoms in total. The van der Waals surface area contributed by atoms with Crippen LogP contribution in [0.15, 0.2) is 0 Å². The lowest BCUT2D eigenvalue weighted by Gasteiger charge is -2.34. The lowest BCUT2D eigenvalue weighted by molar-refractivity contribution is -0.135. The number of nitrogens with one attached hydrogen (secondary N) is 1. The van der Waals surface area contributed by atoms with E-state index in [0.29, 0.717) is 6.54 Å². The number of carbonyl (C=O) groups is 1. The third kappa shape index (κ3) is 3.93. The molecule has 0 radical (unpaired) electrons. The van der Waals surface area contributed by atoms with Gasteiger partial charge in [0, 0.05) is 39.1 Å². The van der Waals surface area contributed by atoms with E-state index in [1.54, 1.807) is 4.90 Å². The topological polar surface area (TPSA) is 69.7 Å². The van der Waals surface area contributed by atoms with Crippen molar-refractivity contribution in [2.75, 3.05) is 27.2 Å². The van der Waals surface area contributed by atoms with Crippen molar-refractivity contribution in [2.45, 2.75) is 32.7 Å². The molecular weight excluding hydrogens is 254 g/mol. The summed E-state index contributed by atoms with van der Waals surface area (Å²) >= 11 is 0. The van der Waals surface area contributed by atoms with Crippen LogP contribution in [0.4, 0.5) is 0 Å². The molecule has 1 aliphatic rings. The Balaban J connectivity index is 2.63. The van der Waals surface area contributed by atoms with Crippen molar-refractivity contribution < 1.29 is 13.2 Å². The van der Waals surface area contributed by atoms with E-state index in [2.05, 4.69) is 4.72 Å². The molecule has 7 heteroatoms. The molecule has 106 valence electrons. The normalized spacial score (nSPS) is 21.7. The third-order valence-corrected chi connectivity index (χ3v) is 4.62. The van der Waals surface area contributed by atoms with Crippen LogP contribution in [0.1, 0.15) is 26.7 Å². The van der Waals surface area contributed by atoms with Crippen LogP contribution in [0.2, 0.25) is 0 Å². The Kier molecular flexibility index (Phi) is 5.12. The molecule has 0 aromatic rings. The molecule has 0 aliphatic carbocycles. The molecule has 0 spiro atoms. The van der Waals surface area contributed by atoms with Gasteiger partial charge in [0.05, 0.1) is 0 Å². The first-order chi connectivity index (χ1) is 8.24. The van der Waals surface area contributed by atoms with Crippen molar-refractivity contribution in [2.24, 2.45) is 5.92 Å². The van der Waals surface area contributed by atoms with Crippen LogP contribution < -0.4 is 4.72 Å². The second-order valence-corrected chi connectivity index (χ2v) is 7.10. The fourth-order valence-electron chi connectivity index (χ4n) is 1.95. The smallest absolute Gasteiger partial charge is 0.279 e. The summed E-state index contributed by atoms with van der Waals surface area (Å²) in [6.45, 7) is 4.90. The number of nitrogens with zero attached hydrogens (tertiary/aromatic N) is 2. The summed E-state index contributed by atoms with van der Waals surface area (Å²) in [7, 11) is -0.445. The van der Waals surface area contributed by atoms with Crippen molar-refractivity contribution in [3.05, 3.63) is 0 Å². The molecule has 0 aromatic carbocycles.